The van der Waals surface area contributed by atoms with Gasteiger partial charge in [0.25, 0.3) is 0 Å². The summed E-state index contributed by atoms with van der Waals surface area (Å²) >= 11 is 0. The third kappa shape index (κ3) is 4.08. The maximum atomic E-state index is 13.3. The van der Waals surface area contributed by atoms with E-state index in [1.54, 1.807) is 6.07 Å². The summed E-state index contributed by atoms with van der Waals surface area (Å²) in [6, 6.07) is 7.81. The average Bonchev–Trinajstić information content (AvgIpc) is 2.63. The Hall–Kier alpha value is -2.03. The molecule has 1 aliphatic carbocycles. The molecule has 1 fully saturated rings. The van der Waals surface area contributed by atoms with Crippen molar-refractivity contribution < 1.29 is 8.78 Å². The Morgan fingerprint density at radius 3 is 2.46 bits per heavy atom. The molecule has 0 amide bonds. The number of hydrogen-bond acceptors (Lipinski definition) is 1. The van der Waals surface area contributed by atoms with Crippen molar-refractivity contribution in [3.8, 4) is 11.3 Å². The van der Waals surface area contributed by atoms with Crippen LogP contribution in [0.25, 0.3) is 11.3 Å². The van der Waals surface area contributed by atoms with Gasteiger partial charge >= 0.3 is 0 Å². The fourth-order valence-electron chi connectivity index (χ4n) is 3.48. The minimum atomic E-state index is -0.839. The molecule has 24 heavy (non-hydrogen) atoms. The Morgan fingerprint density at radius 2 is 1.83 bits per heavy atom. The van der Waals surface area contributed by atoms with E-state index in [1.807, 2.05) is 18.3 Å². The normalized spacial score (nSPS) is 20.8. The number of hydrogen-bond donors (Lipinski definition) is 0. The predicted octanol–water partition coefficient (Wildman–Crippen LogP) is 5.95. The van der Waals surface area contributed by atoms with Gasteiger partial charge in [-0.15, -0.1) is 6.58 Å². The first-order valence-electron chi connectivity index (χ1n) is 8.68. The highest BCUT2D eigenvalue weighted by molar-refractivity contribution is 5.59. The van der Waals surface area contributed by atoms with Crippen LogP contribution in [0.4, 0.5) is 8.78 Å². The summed E-state index contributed by atoms with van der Waals surface area (Å²) in [5.41, 5.74) is 2.47. The minimum absolute atomic E-state index is 0.600. The zero-order chi connectivity index (χ0) is 16.9. The highest BCUT2D eigenvalue weighted by atomic mass is 19.2. The van der Waals surface area contributed by atoms with Gasteiger partial charge in [0.1, 0.15) is 0 Å². The van der Waals surface area contributed by atoms with Gasteiger partial charge in [-0.2, -0.15) is 0 Å². The number of aromatic nitrogens is 1. The first-order chi connectivity index (χ1) is 11.7. The standard InChI is InChI=1S/C21H23F2N/c1-2-15-3-5-16(6-4-15)7-8-17-9-12-21(24-14-17)18-10-11-19(22)20(23)13-18/h2,9-16H,1,3-8H2/t15-,16-. The lowest BCUT2D eigenvalue weighted by atomic mass is 9.80. The number of aryl methyl sites for hydroxylation is 1. The van der Waals surface area contributed by atoms with Crippen LogP contribution >= 0.6 is 0 Å². The molecule has 1 aromatic carbocycles. The van der Waals surface area contributed by atoms with Crippen LogP contribution in [0.15, 0.2) is 49.2 Å². The van der Waals surface area contributed by atoms with Crippen molar-refractivity contribution in [3.05, 3.63) is 66.4 Å². The summed E-state index contributed by atoms with van der Waals surface area (Å²) in [5.74, 6) is -0.166. The van der Waals surface area contributed by atoms with Crippen LogP contribution in [0.1, 0.15) is 37.7 Å². The Kier molecular flexibility index (Phi) is 5.39. The molecule has 1 saturated carbocycles. The monoisotopic (exact) mass is 327 g/mol. The van der Waals surface area contributed by atoms with Gasteiger partial charge in [0.05, 0.1) is 5.69 Å². The van der Waals surface area contributed by atoms with E-state index in [0.717, 1.165) is 18.4 Å². The molecule has 0 aliphatic heterocycles. The zero-order valence-corrected chi connectivity index (χ0v) is 13.8. The van der Waals surface area contributed by atoms with Gasteiger partial charge in [-0.3, -0.25) is 4.98 Å². The van der Waals surface area contributed by atoms with Crippen molar-refractivity contribution in [1.82, 2.24) is 4.98 Å². The third-order valence-electron chi connectivity index (χ3n) is 5.11. The number of nitrogens with zero attached hydrogens (tertiary/aromatic N) is 1. The molecule has 0 saturated heterocycles. The van der Waals surface area contributed by atoms with Gasteiger partial charge in [0.15, 0.2) is 11.6 Å². The lowest BCUT2D eigenvalue weighted by Crippen LogP contribution is -2.13. The lowest BCUT2D eigenvalue weighted by molar-refractivity contribution is 0.296. The maximum absolute atomic E-state index is 13.3. The Morgan fingerprint density at radius 1 is 1.04 bits per heavy atom. The molecule has 126 valence electrons. The van der Waals surface area contributed by atoms with E-state index in [1.165, 1.54) is 43.7 Å². The number of benzene rings is 1. The van der Waals surface area contributed by atoms with Crippen molar-refractivity contribution in [3.63, 3.8) is 0 Å². The van der Waals surface area contributed by atoms with E-state index in [9.17, 15) is 8.78 Å². The van der Waals surface area contributed by atoms with Crippen LogP contribution in [0.3, 0.4) is 0 Å². The first-order valence-corrected chi connectivity index (χ1v) is 8.68. The average molecular weight is 327 g/mol. The second kappa shape index (κ2) is 7.69. The Bertz CT molecular complexity index is 685. The van der Waals surface area contributed by atoms with E-state index in [-0.39, 0.29) is 0 Å². The minimum Gasteiger partial charge on any atom is -0.256 e. The zero-order valence-electron chi connectivity index (χ0n) is 13.8. The molecule has 3 heteroatoms. The molecule has 3 rings (SSSR count). The van der Waals surface area contributed by atoms with Gasteiger partial charge in [0, 0.05) is 11.8 Å². The number of halogens is 2. The van der Waals surface area contributed by atoms with Crippen molar-refractivity contribution >= 4 is 0 Å². The number of allylic oxidation sites excluding steroid dienone is 1. The maximum Gasteiger partial charge on any atom is 0.159 e. The largest absolute Gasteiger partial charge is 0.256 e. The number of pyridine rings is 1. The molecule has 2 aromatic rings. The second-order valence-electron chi connectivity index (χ2n) is 6.74. The van der Waals surface area contributed by atoms with E-state index in [2.05, 4.69) is 17.6 Å². The van der Waals surface area contributed by atoms with Crippen molar-refractivity contribution in [1.29, 1.82) is 0 Å². The predicted molar refractivity (Wildman–Crippen MR) is 93.6 cm³/mol. The van der Waals surface area contributed by atoms with Gasteiger partial charge < -0.3 is 0 Å². The smallest absolute Gasteiger partial charge is 0.159 e. The van der Waals surface area contributed by atoms with Crippen LogP contribution in [-0.2, 0) is 6.42 Å². The van der Waals surface area contributed by atoms with Crippen LogP contribution in [-0.4, -0.2) is 4.98 Å². The Labute approximate surface area is 142 Å². The van der Waals surface area contributed by atoms with Crippen LogP contribution in [0.2, 0.25) is 0 Å². The molecule has 0 spiro atoms. The molecule has 0 atom stereocenters. The molecule has 1 aromatic heterocycles. The summed E-state index contributed by atoms with van der Waals surface area (Å²) in [5, 5.41) is 0. The summed E-state index contributed by atoms with van der Waals surface area (Å²) in [6.07, 6.45) is 11.3. The van der Waals surface area contributed by atoms with Gasteiger partial charge in [-0.05, 0) is 80.2 Å². The fourth-order valence-corrected chi connectivity index (χ4v) is 3.48. The van der Waals surface area contributed by atoms with Gasteiger partial charge in [-0.25, -0.2) is 8.78 Å². The second-order valence-corrected chi connectivity index (χ2v) is 6.74. The summed E-state index contributed by atoms with van der Waals surface area (Å²) in [7, 11) is 0. The quantitative estimate of drug-likeness (QED) is 0.618. The first kappa shape index (κ1) is 16.8. The number of rotatable bonds is 5. The van der Waals surface area contributed by atoms with Crippen molar-refractivity contribution in [2.45, 2.75) is 38.5 Å². The van der Waals surface area contributed by atoms with Crippen LogP contribution in [0, 0.1) is 23.5 Å². The van der Waals surface area contributed by atoms with E-state index in [4.69, 9.17) is 0 Å². The van der Waals surface area contributed by atoms with Crippen molar-refractivity contribution in [2.75, 3.05) is 0 Å². The van der Waals surface area contributed by atoms with Gasteiger partial charge in [-0.1, -0.05) is 12.1 Å². The summed E-state index contributed by atoms with van der Waals surface area (Å²) in [6.45, 7) is 3.89. The van der Waals surface area contributed by atoms with Gasteiger partial charge in [0.2, 0.25) is 0 Å². The van der Waals surface area contributed by atoms with E-state index < -0.39 is 11.6 Å². The molecule has 1 nitrogen and oxygen atoms in total. The van der Waals surface area contributed by atoms with Crippen LogP contribution < -0.4 is 0 Å². The summed E-state index contributed by atoms with van der Waals surface area (Å²) < 4.78 is 26.3. The van der Waals surface area contributed by atoms with Crippen molar-refractivity contribution in [2.24, 2.45) is 11.8 Å². The third-order valence-corrected chi connectivity index (χ3v) is 5.11. The molecule has 0 radical (unpaired) electrons. The Balaban J connectivity index is 1.57. The molecule has 0 N–H and O–H groups in total. The molecule has 0 bridgehead atoms. The molecule has 1 heterocycles. The highest BCUT2D eigenvalue weighted by Gasteiger charge is 2.18. The van der Waals surface area contributed by atoms with E-state index in [0.29, 0.717) is 17.2 Å². The SMILES string of the molecule is C=C[C@H]1CC[C@H](CCc2ccc(-c3ccc(F)c(F)c3)nc2)CC1. The highest BCUT2D eigenvalue weighted by Crippen LogP contribution is 2.32. The summed E-state index contributed by atoms with van der Waals surface area (Å²) in [4.78, 5) is 4.41. The van der Waals surface area contributed by atoms with E-state index >= 15 is 0 Å². The fraction of sp³-hybridized carbons (Fsp3) is 0.381. The lowest BCUT2D eigenvalue weighted by Gasteiger charge is -2.26. The van der Waals surface area contributed by atoms with Crippen LogP contribution in [0.5, 0.6) is 0 Å². The topological polar surface area (TPSA) is 12.9 Å². The molecular weight excluding hydrogens is 304 g/mol. The molecule has 1 aliphatic rings. The molecular formula is C21H23F2N. The molecule has 0 unspecified atom stereocenters.